The molecule has 1 N–H and O–H groups in total. The second-order valence-electron chi connectivity index (χ2n) is 9.31. The number of carboxylic acid groups (broad SMARTS) is 1. The highest BCUT2D eigenvalue weighted by molar-refractivity contribution is 7.13. The Morgan fingerprint density at radius 3 is 2.32 bits per heavy atom. The normalized spacial score (nSPS) is 14.2. The summed E-state index contributed by atoms with van der Waals surface area (Å²) in [5.41, 5.74) is 11.0. The smallest absolute Gasteiger partial charge is 0.328 e. The summed E-state index contributed by atoms with van der Waals surface area (Å²) in [5.74, 6) is -0.598. The maximum absolute atomic E-state index is 11.0. The standard InChI is InChI=1S/C32H26N2O2S/c1-21-5-15-28(27(17-21)18-33)32(24-3-2-4-24)31(25-9-6-22(7-10-25)8-16-30(35)36)26-13-11-23(12-14-26)29-19-34-20-37-29/h5-17,19-20,24H,2-4H2,1H3,(H,35,36)/b16-8+,32-31+. The predicted octanol–water partition coefficient (Wildman–Crippen LogP) is 7.85. The fourth-order valence-corrected chi connectivity index (χ4v) is 5.44. The van der Waals surface area contributed by atoms with E-state index in [1.807, 2.05) is 49.0 Å². The Balaban J connectivity index is 1.71. The van der Waals surface area contributed by atoms with Crippen molar-refractivity contribution in [1.29, 1.82) is 5.26 Å². The van der Waals surface area contributed by atoms with E-state index < -0.39 is 5.97 Å². The molecule has 4 aromatic rings. The van der Waals surface area contributed by atoms with Gasteiger partial charge in [-0.2, -0.15) is 5.26 Å². The van der Waals surface area contributed by atoms with Crippen molar-refractivity contribution in [3.05, 3.63) is 118 Å². The van der Waals surface area contributed by atoms with Crippen molar-refractivity contribution >= 4 is 34.5 Å². The third kappa shape index (κ3) is 5.30. The summed E-state index contributed by atoms with van der Waals surface area (Å²) in [7, 11) is 0. The Morgan fingerprint density at radius 2 is 1.76 bits per heavy atom. The van der Waals surface area contributed by atoms with Crippen molar-refractivity contribution in [2.45, 2.75) is 26.2 Å². The molecule has 4 nitrogen and oxygen atoms in total. The zero-order valence-corrected chi connectivity index (χ0v) is 21.3. The Bertz CT molecular complexity index is 1520. The maximum atomic E-state index is 11.0. The molecule has 0 aliphatic heterocycles. The van der Waals surface area contributed by atoms with Crippen molar-refractivity contribution in [3.8, 4) is 16.5 Å². The molecule has 0 spiro atoms. The molecule has 1 aliphatic rings. The number of aliphatic carboxylic acids is 1. The Kier molecular flexibility index (Phi) is 7.11. The van der Waals surface area contributed by atoms with Gasteiger partial charge >= 0.3 is 5.97 Å². The summed E-state index contributed by atoms with van der Waals surface area (Å²) < 4.78 is 0. The SMILES string of the molecule is Cc1ccc(/C(=C(\c2ccc(/C=C/C(=O)O)cc2)c2ccc(-c3cncs3)cc2)C2CCC2)c(C#N)c1. The first-order valence-electron chi connectivity index (χ1n) is 12.3. The number of aryl methyl sites for hydroxylation is 1. The molecule has 0 radical (unpaired) electrons. The number of thiazole rings is 1. The van der Waals surface area contributed by atoms with Gasteiger partial charge in [0.1, 0.15) is 0 Å². The summed E-state index contributed by atoms with van der Waals surface area (Å²) in [6, 6.07) is 25.1. The highest BCUT2D eigenvalue weighted by Gasteiger charge is 2.28. The topological polar surface area (TPSA) is 74.0 Å². The minimum Gasteiger partial charge on any atom is -0.478 e. The van der Waals surface area contributed by atoms with E-state index in [4.69, 9.17) is 5.11 Å². The van der Waals surface area contributed by atoms with Gasteiger partial charge in [-0.15, -0.1) is 11.3 Å². The number of nitriles is 1. The van der Waals surface area contributed by atoms with Crippen LogP contribution >= 0.6 is 11.3 Å². The summed E-state index contributed by atoms with van der Waals surface area (Å²) in [4.78, 5) is 16.3. The first-order chi connectivity index (χ1) is 18.0. The van der Waals surface area contributed by atoms with Gasteiger partial charge in [0.15, 0.2) is 0 Å². The lowest BCUT2D eigenvalue weighted by Gasteiger charge is -2.32. The van der Waals surface area contributed by atoms with Gasteiger partial charge < -0.3 is 5.11 Å². The number of carbonyl (C=O) groups is 1. The lowest BCUT2D eigenvalue weighted by Crippen LogP contribution is -2.16. The molecule has 0 bridgehead atoms. The zero-order valence-electron chi connectivity index (χ0n) is 20.5. The molecule has 1 aromatic heterocycles. The number of allylic oxidation sites excluding steroid dienone is 1. The van der Waals surface area contributed by atoms with Crippen LogP contribution in [0.15, 0.2) is 84.5 Å². The number of carboxylic acids is 1. The van der Waals surface area contributed by atoms with Crippen LogP contribution in [0, 0.1) is 24.2 Å². The zero-order chi connectivity index (χ0) is 25.8. The fourth-order valence-electron chi connectivity index (χ4n) is 4.81. The van der Waals surface area contributed by atoms with Gasteiger partial charge in [0.25, 0.3) is 0 Å². The van der Waals surface area contributed by atoms with Crippen LogP contribution in [-0.4, -0.2) is 16.1 Å². The molecule has 5 rings (SSSR count). The number of nitrogens with zero attached hydrogens (tertiary/aromatic N) is 2. The number of benzene rings is 3. The van der Waals surface area contributed by atoms with Crippen LogP contribution in [0.25, 0.3) is 27.7 Å². The van der Waals surface area contributed by atoms with Crippen LogP contribution < -0.4 is 0 Å². The molecule has 1 aliphatic carbocycles. The van der Waals surface area contributed by atoms with E-state index in [-0.39, 0.29) is 0 Å². The molecule has 0 atom stereocenters. The van der Waals surface area contributed by atoms with Crippen LogP contribution in [0.2, 0.25) is 0 Å². The highest BCUT2D eigenvalue weighted by Crippen LogP contribution is 2.46. The Hall–Kier alpha value is -4.27. The largest absolute Gasteiger partial charge is 0.478 e. The minimum absolute atomic E-state index is 0.373. The summed E-state index contributed by atoms with van der Waals surface area (Å²) in [5, 5.41) is 19.0. The molecule has 0 amide bonds. The number of rotatable bonds is 7. The summed E-state index contributed by atoms with van der Waals surface area (Å²) >= 11 is 1.61. The van der Waals surface area contributed by atoms with E-state index >= 15 is 0 Å². The summed E-state index contributed by atoms with van der Waals surface area (Å²) in [6.07, 6.45) is 7.99. The molecular weight excluding hydrogens is 476 g/mol. The fraction of sp³-hybridized carbons (Fsp3) is 0.156. The van der Waals surface area contributed by atoms with E-state index in [0.717, 1.165) is 62.7 Å². The lowest BCUT2D eigenvalue weighted by atomic mass is 9.72. The van der Waals surface area contributed by atoms with E-state index in [0.29, 0.717) is 11.5 Å². The van der Waals surface area contributed by atoms with Gasteiger partial charge in [-0.3, -0.25) is 4.98 Å². The second-order valence-corrected chi connectivity index (χ2v) is 10.2. The molecular formula is C32H26N2O2S. The molecule has 3 aromatic carbocycles. The van der Waals surface area contributed by atoms with Gasteiger partial charge in [-0.25, -0.2) is 4.79 Å². The van der Waals surface area contributed by atoms with Crippen molar-refractivity contribution in [3.63, 3.8) is 0 Å². The summed E-state index contributed by atoms with van der Waals surface area (Å²) in [6.45, 7) is 2.01. The third-order valence-corrected chi connectivity index (χ3v) is 7.70. The Morgan fingerprint density at radius 1 is 1.05 bits per heavy atom. The van der Waals surface area contributed by atoms with Crippen LogP contribution in [0.3, 0.4) is 0 Å². The van der Waals surface area contributed by atoms with Crippen LogP contribution in [0.1, 0.15) is 52.6 Å². The van der Waals surface area contributed by atoms with Gasteiger partial charge in [0.05, 0.1) is 22.0 Å². The van der Waals surface area contributed by atoms with Crippen LogP contribution in [0.5, 0.6) is 0 Å². The van der Waals surface area contributed by atoms with Gasteiger partial charge in [-0.1, -0.05) is 67.1 Å². The number of aromatic nitrogens is 1. The molecule has 37 heavy (non-hydrogen) atoms. The second kappa shape index (κ2) is 10.8. The van der Waals surface area contributed by atoms with E-state index in [2.05, 4.69) is 47.5 Å². The van der Waals surface area contributed by atoms with Gasteiger partial charge in [0, 0.05) is 12.3 Å². The van der Waals surface area contributed by atoms with Crippen molar-refractivity contribution in [2.24, 2.45) is 5.92 Å². The minimum atomic E-state index is -0.971. The van der Waals surface area contributed by atoms with Crippen molar-refractivity contribution in [2.75, 3.05) is 0 Å². The van der Waals surface area contributed by atoms with E-state index in [9.17, 15) is 10.1 Å². The molecule has 0 saturated heterocycles. The highest BCUT2D eigenvalue weighted by atomic mass is 32.1. The van der Waals surface area contributed by atoms with Gasteiger partial charge in [0.2, 0.25) is 0 Å². The molecule has 1 saturated carbocycles. The van der Waals surface area contributed by atoms with Gasteiger partial charge in [-0.05, 0) is 82.4 Å². The number of hydrogen-bond acceptors (Lipinski definition) is 4. The maximum Gasteiger partial charge on any atom is 0.328 e. The quantitative estimate of drug-likeness (QED) is 0.206. The lowest BCUT2D eigenvalue weighted by molar-refractivity contribution is -0.131. The van der Waals surface area contributed by atoms with Crippen molar-refractivity contribution in [1.82, 2.24) is 4.98 Å². The Labute approximate surface area is 220 Å². The predicted molar refractivity (Wildman–Crippen MR) is 150 cm³/mol. The molecule has 182 valence electrons. The van der Waals surface area contributed by atoms with E-state index in [1.54, 1.807) is 17.4 Å². The average molecular weight is 503 g/mol. The van der Waals surface area contributed by atoms with Crippen molar-refractivity contribution < 1.29 is 9.90 Å². The van der Waals surface area contributed by atoms with Crippen LogP contribution in [-0.2, 0) is 4.79 Å². The first kappa shape index (κ1) is 24.4. The average Bonchev–Trinajstić information content (AvgIpc) is 3.42. The molecule has 0 unspecified atom stereocenters. The molecule has 5 heteroatoms. The number of hydrogen-bond donors (Lipinski definition) is 1. The third-order valence-electron chi connectivity index (χ3n) is 6.88. The molecule has 1 fully saturated rings. The van der Waals surface area contributed by atoms with E-state index in [1.165, 1.54) is 12.0 Å². The monoisotopic (exact) mass is 502 g/mol. The van der Waals surface area contributed by atoms with Crippen LogP contribution in [0.4, 0.5) is 0 Å². The molecule has 1 heterocycles. The first-order valence-corrected chi connectivity index (χ1v) is 13.2.